The summed E-state index contributed by atoms with van der Waals surface area (Å²) >= 11 is 0. The molecular formula is C11H17BO2S. The zero-order chi connectivity index (χ0) is 12.1. The number of sulfone groups is 1. The molecule has 0 spiro atoms. The highest BCUT2D eigenvalue weighted by Gasteiger charge is 2.17. The summed E-state index contributed by atoms with van der Waals surface area (Å²) in [6.45, 7) is 7.32. The molecule has 1 aromatic carbocycles. The number of hydrogen-bond acceptors (Lipinski definition) is 2. The second kappa shape index (κ2) is 5.96. The highest BCUT2D eigenvalue weighted by molar-refractivity contribution is 7.92. The maximum atomic E-state index is 11.6. The van der Waals surface area contributed by atoms with Crippen LogP contribution in [-0.4, -0.2) is 21.5 Å². The fourth-order valence-corrected chi connectivity index (χ4v) is 1.99. The molecule has 4 heteroatoms. The van der Waals surface area contributed by atoms with Gasteiger partial charge < -0.3 is 0 Å². The van der Waals surface area contributed by atoms with Gasteiger partial charge in [0.15, 0.2) is 9.84 Å². The second-order valence-electron chi connectivity index (χ2n) is 3.16. The minimum atomic E-state index is -3.15. The van der Waals surface area contributed by atoms with E-state index in [1.807, 2.05) is 13.8 Å². The Balaban J connectivity index is 0.000000921. The van der Waals surface area contributed by atoms with Gasteiger partial charge in [0.2, 0.25) is 0 Å². The van der Waals surface area contributed by atoms with Crippen molar-refractivity contribution in [2.45, 2.75) is 37.8 Å². The smallest absolute Gasteiger partial charge is 0.180 e. The van der Waals surface area contributed by atoms with Gasteiger partial charge in [0.1, 0.15) is 7.85 Å². The minimum Gasteiger partial charge on any atom is -0.223 e. The molecule has 0 aromatic heterocycles. The summed E-state index contributed by atoms with van der Waals surface area (Å²) in [6, 6.07) is 6.25. The molecule has 0 saturated carbocycles. The molecule has 15 heavy (non-hydrogen) atoms. The van der Waals surface area contributed by atoms with Crippen LogP contribution in [0.5, 0.6) is 0 Å². The average Bonchev–Trinajstić information content (AvgIpc) is 2.21. The zero-order valence-electron chi connectivity index (χ0n) is 9.69. The summed E-state index contributed by atoms with van der Waals surface area (Å²) in [5.74, 6) is 0. The van der Waals surface area contributed by atoms with Crippen LogP contribution < -0.4 is 5.46 Å². The lowest BCUT2D eigenvalue weighted by atomic mass is 9.97. The molecule has 0 unspecified atom stereocenters. The van der Waals surface area contributed by atoms with E-state index in [1.165, 1.54) is 12.1 Å². The fraction of sp³-hybridized carbons (Fsp3) is 0.455. The summed E-state index contributed by atoms with van der Waals surface area (Å²) < 4.78 is 23.2. The van der Waals surface area contributed by atoms with Crippen molar-refractivity contribution in [3.63, 3.8) is 0 Å². The van der Waals surface area contributed by atoms with E-state index in [9.17, 15) is 8.42 Å². The first-order valence-corrected chi connectivity index (χ1v) is 6.58. The van der Waals surface area contributed by atoms with E-state index >= 15 is 0 Å². The Morgan fingerprint density at radius 1 is 1.07 bits per heavy atom. The van der Waals surface area contributed by atoms with Crippen LogP contribution in [-0.2, 0) is 9.84 Å². The van der Waals surface area contributed by atoms with Gasteiger partial charge in [-0.1, -0.05) is 31.4 Å². The molecule has 0 aliphatic rings. The first-order valence-electron chi connectivity index (χ1n) is 5.04. The SMILES string of the molecule is CC.[B]c1ccc(S(=O)(=O)C(C)C)cc1. The Kier molecular flexibility index (Phi) is 5.65. The van der Waals surface area contributed by atoms with Gasteiger partial charge in [-0.3, -0.25) is 0 Å². The molecule has 0 saturated heterocycles. The molecule has 0 aliphatic heterocycles. The van der Waals surface area contributed by atoms with E-state index in [2.05, 4.69) is 0 Å². The molecule has 1 aromatic rings. The van der Waals surface area contributed by atoms with Crippen molar-refractivity contribution in [3.05, 3.63) is 24.3 Å². The Labute approximate surface area is 94.0 Å². The molecule has 0 bridgehead atoms. The van der Waals surface area contributed by atoms with Crippen molar-refractivity contribution in [1.82, 2.24) is 0 Å². The van der Waals surface area contributed by atoms with Gasteiger partial charge in [0, 0.05) is 0 Å². The van der Waals surface area contributed by atoms with E-state index in [4.69, 9.17) is 7.85 Å². The van der Waals surface area contributed by atoms with E-state index in [1.54, 1.807) is 26.0 Å². The van der Waals surface area contributed by atoms with Crippen LogP contribution in [0.3, 0.4) is 0 Å². The summed E-state index contributed by atoms with van der Waals surface area (Å²) in [5, 5.41) is -0.392. The van der Waals surface area contributed by atoms with Crippen molar-refractivity contribution in [2.24, 2.45) is 0 Å². The minimum absolute atomic E-state index is 0.330. The van der Waals surface area contributed by atoms with Gasteiger partial charge in [-0.2, -0.15) is 0 Å². The highest BCUT2D eigenvalue weighted by atomic mass is 32.2. The van der Waals surface area contributed by atoms with Gasteiger partial charge >= 0.3 is 0 Å². The first-order chi connectivity index (χ1) is 6.94. The average molecular weight is 224 g/mol. The van der Waals surface area contributed by atoms with Crippen molar-refractivity contribution in [2.75, 3.05) is 0 Å². The normalized spacial score (nSPS) is 10.7. The van der Waals surface area contributed by atoms with Crippen LogP contribution >= 0.6 is 0 Å². The van der Waals surface area contributed by atoms with Crippen LogP contribution in [0.1, 0.15) is 27.7 Å². The molecule has 82 valence electrons. The Hall–Kier alpha value is -0.765. The molecule has 1 rings (SSSR count). The summed E-state index contributed by atoms with van der Waals surface area (Å²) in [6.07, 6.45) is 0. The van der Waals surface area contributed by atoms with Crippen molar-refractivity contribution in [1.29, 1.82) is 0 Å². The van der Waals surface area contributed by atoms with Crippen LogP contribution in [0.4, 0.5) is 0 Å². The summed E-state index contributed by atoms with van der Waals surface area (Å²) in [7, 11) is 2.30. The molecule has 2 radical (unpaired) electrons. The van der Waals surface area contributed by atoms with Crippen LogP contribution in [0.2, 0.25) is 0 Å². The first kappa shape index (κ1) is 14.2. The highest BCUT2D eigenvalue weighted by Crippen LogP contribution is 2.13. The second-order valence-corrected chi connectivity index (χ2v) is 5.67. The third kappa shape index (κ3) is 3.70. The molecular weight excluding hydrogens is 207 g/mol. The Bertz CT molecular complexity index is 380. The fourth-order valence-electron chi connectivity index (χ4n) is 0.930. The molecule has 2 nitrogen and oxygen atoms in total. The van der Waals surface area contributed by atoms with Gasteiger partial charge in [-0.25, -0.2) is 8.42 Å². The Morgan fingerprint density at radius 3 is 1.80 bits per heavy atom. The lowest BCUT2D eigenvalue weighted by Crippen LogP contribution is -2.14. The topological polar surface area (TPSA) is 34.1 Å². The van der Waals surface area contributed by atoms with E-state index < -0.39 is 15.1 Å². The van der Waals surface area contributed by atoms with E-state index in [-0.39, 0.29) is 0 Å². The van der Waals surface area contributed by atoms with Crippen molar-refractivity contribution in [3.8, 4) is 0 Å². The molecule has 0 fully saturated rings. The monoisotopic (exact) mass is 224 g/mol. The molecule has 0 heterocycles. The van der Waals surface area contributed by atoms with E-state index in [0.717, 1.165) is 0 Å². The maximum absolute atomic E-state index is 11.6. The van der Waals surface area contributed by atoms with Crippen molar-refractivity contribution >= 4 is 23.1 Å². The zero-order valence-corrected chi connectivity index (χ0v) is 10.5. The lowest BCUT2D eigenvalue weighted by molar-refractivity contribution is 0.587. The molecule has 0 amide bonds. The third-order valence-corrected chi connectivity index (χ3v) is 4.00. The van der Waals surface area contributed by atoms with Gasteiger partial charge in [-0.05, 0) is 26.0 Å². The molecule has 0 N–H and O–H groups in total. The van der Waals surface area contributed by atoms with E-state index in [0.29, 0.717) is 10.4 Å². The number of hydrogen-bond donors (Lipinski definition) is 0. The van der Waals surface area contributed by atoms with Gasteiger partial charge in [-0.15, -0.1) is 0 Å². The summed E-state index contributed by atoms with van der Waals surface area (Å²) in [4.78, 5) is 0.330. The summed E-state index contributed by atoms with van der Waals surface area (Å²) in [5.41, 5.74) is 0.572. The standard InChI is InChI=1S/C9H11BO2S.C2H6/c1-7(2)13(11,12)9-5-3-8(10)4-6-9;1-2/h3-7H,1-2H3;1-2H3. The quantitative estimate of drug-likeness (QED) is 0.716. The van der Waals surface area contributed by atoms with Crippen LogP contribution in [0, 0.1) is 0 Å². The predicted molar refractivity (Wildman–Crippen MR) is 65.5 cm³/mol. The van der Waals surface area contributed by atoms with Crippen molar-refractivity contribution < 1.29 is 8.42 Å². The molecule has 0 aliphatic carbocycles. The Morgan fingerprint density at radius 2 is 1.47 bits per heavy atom. The maximum Gasteiger partial charge on any atom is 0.180 e. The van der Waals surface area contributed by atoms with Crippen LogP contribution in [0.25, 0.3) is 0 Å². The number of rotatable bonds is 2. The van der Waals surface area contributed by atoms with Crippen LogP contribution in [0.15, 0.2) is 29.2 Å². The predicted octanol–water partition coefficient (Wildman–Crippen LogP) is 1.69. The molecule has 0 atom stereocenters. The largest absolute Gasteiger partial charge is 0.223 e. The van der Waals surface area contributed by atoms with Gasteiger partial charge in [0.25, 0.3) is 0 Å². The number of benzene rings is 1. The van der Waals surface area contributed by atoms with Gasteiger partial charge in [0.05, 0.1) is 10.1 Å². The lowest BCUT2D eigenvalue weighted by Gasteiger charge is -2.07. The third-order valence-electron chi connectivity index (χ3n) is 1.83.